The second-order valence-corrected chi connectivity index (χ2v) is 6.96. The Kier molecular flexibility index (Phi) is 6.12. The van der Waals surface area contributed by atoms with Crippen LogP contribution >= 0.6 is 12.4 Å². The number of hydrogen-bond acceptors (Lipinski definition) is 2. The first-order valence-corrected chi connectivity index (χ1v) is 9.29. The standard InChI is InChI=1S/C23H23FN2.ClH/c1-17-16-25-19(15-23(17)26-13-5-2-6-14-26)11-9-18-10-12-22(24)21-8-4-3-7-20(18)21;/h3-4,7-12,15-16H,2,5-6,13-14H2,1H3;1H/b11-9+;. The first kappa shape index (κ1) is 19.4. The Morgan fingerprint density at radius 3 is 2.48 bits per heavy atom. The minimum Gasteiger partial charge on any atom is -0.371 e. The summed E-state index contributed by atoms with van der Waals surface area (Å²) in [7, 11) is 0. The zero-order valence-electron chi connectivity index (χ0n) is 15.5. The zero-order valence-corrected chi connectivity index (χ0v) is 16.3. The van der Waals surface area contributed by atoms with Gasteiger partial charge in [0.15, 0.2) is 0 Å². The lowest BCUT2D eigenvalue weighted by Crippen LogP contribution is -2.30. The molecule has 0 radical (unpaired) electrons. The summed E-state index contributed by atoms with van der Waals surface area (Å²) >= 11 is 0. The number of aryl methyl sites for hydroxylation is 1. The van der Waals surface area contributed by atoms with Gasteiger partial charge in [-0.1, -0.05) is 36.4 Å². The molecule has 0 amide bonds. The van der Waals surface area contributed by atoms with Crippen molar-refractivity contribution in [1.82, 2.24) is 4.98 Å². The van der Waals surface area contributed by atoms with Gasteiger partial charge >= 0.3 is 0 Å². The van der Waals surface area contributed by atoms with Crippen molar-refractivity contribution in [2.75, 3.05) is 18.0 Å². The van der Waals surface area contributed by atoms with Crippen LogP contribution in [0.2, 0.25) is 0 Å². The molecule has 2 heterocycles. The molecule has 0 atom stereocenters. The van der Waals surface area contributed by atoms with E-state index in [4.69, 9.17) is 0 Å². The Morgan fingerprint density at radius 1 is 0.963 bits per heavy atom. The molecule has 2 nitrogen and oxygen atoms in total. The summed E-state index contributed by atoms with van der Waals surface area (Å²) in [5.74, 6) is -0.182. The molecule has 0 saturated carbocycles. The Morgan fingerprint density at radius 2 is 1.70 bits per heavy atom. The van der Waals surface area contributed by atoms with Crippen LogP contribution in [0.4, 0.5) is 10.1 Å². The van der Waals surface area contributed by atoms with Gasteiger partial charge in [-0.25, -0.2) is 4.39 Å². The quantitative estimate of drug-likeness (QED) is 0.531. The van der Waals surface area contributed by atoms with E-state index in [9.17, 15) is 4.39 Å². The molecule has 1 fully saturated rings. The van der Waals surface area contributed by atoms with E-state index < -0.39 is 0 Å². The van der Waals surface area contributed by atoms with E-state index >= 15 is 0 Å². The molecule has 1 aliphatic heterocycles. The molecule has 1 aromatic heterocycles. The third-order valence-electron chi connectivity index (χ3n) is 5.13. The van der Waals surface area contributed by atoms with Crippen molar-refractivity contribution < 1.29 is 4.39 Å². The van der Waals surface area contributed by atoms with Crippen LogP contribution in [0.3, 0.4) is 0 Å². The number of fused-ring (bicyclic) bond motifs is 1. The summed E-state index contributed by atoms with van der Waals surface area (Å²) in [6.45, 7) is 4.37. The largest absolute Gasteiger partial charge is 0.371 e. The number of nitrogens with zero attached hydrogens (tertiary/aromatic N) is 2. The second-order valence-electron chi connectivity index (χ2n) is 6.96. The summed E-state index contributed by atoms with van der Waals surface area (Å²) in [6, 6.07) is 13.1. The number of anilines is 1. The van der Waals surface area contributed by atoms with Crippen molar-refractivity contribution in [3.63, 3.8) is 0 Å². The maximum atomic E-state index is 14.0. The maximum Gasteiger partial charge on any atom is 0.131 e. The van der Waals surface area contributed by atoms with E-state index in [1.807, 2.05) is 48.7 Å². The SMILES string of the molecule is Cc1cnc(/C=C/c2ccc(F)c3ccccc23)cc1N1CCCCC1.Cl. The van der Waals surface area contributed by atoms with Gasteiger partial charge < -0.3 is 4.90 Å². The molecule has 0 spiro atoms. The summed E-state index contributed by atoms with van der Waals surface area (Å²) in [5, 5.41) is 1.58. The predicted molar refractivity (Wildman–Crippen MR) is 115 cm³/mol. The third-order valence-corrected chi connectivity index (χ3v) is 5.13. The van der Waals surface area contributed by atoms with E-state index in [-0.39, 0.29) is 18.2 Å². The molecule has 0 aliphatic carbocycles. The van der Waals surface area contributed by atoms with Crippen LogP contribution in [0, 0.1) is 12.7 Å². The van der Waals surface area contributed by atoms with Crippen LogP contribution < -0.4 is 4.90 Å². The molecule has 0 bridgehead atoms. The molecular weight excluding hydrogens is 359 g/mol. The smallest absolute Gasteiger partial charge is 0.131 e. The van der Waals surface area contributed by atoms with E-state index in [0.29, 0.717) is 5.39 Å². The fraction of sp³-hybridized carbons (Fsp3) is 0.261. The Balaban J connectivity index is 0.00000210. The van der Waals surface area contributed by atoms with Gasteiger partial charge in [-0.05, 0) is 60.9 Å². The zero-order chi connectivity index (χ0) is 17.9. The van der Waals surface area contributed by atoms with Gasteiger partial charge in [-0.2, -0.15) is 0 Å². The van der Waals surface area contributed by atoms with E-state index in [1.54, 1.807) is 0 Å². The molecule has 140 valence electrons. The summed E-state index contributed by atoms with van der Waals surface area (Å²) in [4.78, 5) is 7.02. The number of aromatic nitrogens is 1. The Bertz CT molecular complexity index is 962. The topological polar surface area (TPSA) is 16.1 Å². The monoisotopic (exact) mass is 382 g/mol. The van der Waals surface area contributed by atoms with Crippen molar-refractivity contribution in [1.29, 1.82) is 0 Å². The van der Waals surface area contributed by atoms with Crippen LogP contribution in [0.25, 0.3) is 22.9 Å². The number of piperidine rings is 1. The van der Waals surface area contributed by atoms with Crippen LogP contribution in [-0.4, -0.2) is 18.1 Å². The minimum absolute atomic E-state index is 0. The van der Waals surface area contributed by atoms with Crippen molar-refractivity contribution in [2.45, 2.75) is 26.2 Å². The van der Waals surface area contributed by atoms with Crippen molar-refractivity contribution in [3.05, 3.63) is 71.3 Å². The number of halogens is 2. The van der Waals surface area contributed by atoms with Gasteiger partial charge in [-0.3, -0.25) is 4.98 Å². The molecule has 4 rings (SSSR count). The highest BCUT2D eigenvalue weighted by Gasteiger charge is 2.13. The minimum atomic E-state index is -0.182. The van der Waals surface area contributed by atoms with E-state index in [0.717, 1.165) is 29.7 Å². The molecule has 0 N–H and O–H groups in total. The Labute approximate surface area is 166 Å². The molecule has 1 saturated heterocycles. The second kappa shape index (κ2) is 8.53. The molecule has 0 unspecified atom stereocenters. The number of pyridine rings is 1. The maximum absolute atomic E-state index is 14.0. The lowest BCUT2D eigenvalue weighted by atomic mass is 10.0. The predicted octanol–water partition coefficient (Wildman–Crippen LogP) is 6.26. The highest BCUT2D eigenvalue weighted by atomic mass is 35.5. The molecule has 27 heavy (non-hydrogen) atoms. The highest BCUT2D eigenvalue weighted by molar-refractivity contribution is 5.93. The van der Waals surface area contributed by atoms with Crippen molar-refractivity contribution in [2.24, 2.45) is 0 Å². The molecular formula is C23H24ClFN2. The lowest BCUT2D eigenvalue weighted by Gasteiger charge is -2.30. The first-order valence-electron chi connectivity index (χ1n) is 9.29. The van der Waals surface area contributed by atoms with Gasteiger partial charge in [0.05, 0.1) is 5.69 Å². The fourth-order valence-corrected chi connectivity index (χ4v) is 3.70. The number of hydrogen-bond donors (Lipinski definition) is 0. The molecule has 2 aromatic carbocycles. The van der Waals surface area contributed by atoms with Gasteiger partial charge in [0.25, 0.3) is 0 Å². The van der Waals surface area contributed by atoms with Crippen LogP contribution in [0.15, 0.2) is 48.7 Å². The average Bonchev–Trinajstić information content (AvgIpc) is 2.69. The molecule has 4 heteroatoms. The van der Waals surface area contributed by atoms with Crippen LogP contribution in [0.1, 0.15) is 36.1 Å². The van der Waals surface area contributed by atoms with Crippen molar-refractivity contribution >= 4 is 41.0 Å². The number of benzene rings is 2. The van der Waals surface area contributed by atoms with Crippen LogP contribution in [0.5, 0.6) is 0 Å². The summed E-state index contributed by atoms with van der Waals surface area (Å²) in [6.07, 6.45) is 9.84. The summed E-state index contributed by atoms with van der Waals surface area (Å²) < 4.78 is 14.0. The van der Waals surface area contributed by atoms with Gasteiger partial charge in [0.2, 0.25) is 0 Å². The first-order chi connectivity index (χ1) is 12.7. The van der Waals surface area contributed by atoms with Crippen LogP contribution in [-0.2, 0) is 0 Å². The van der Waals surface area contributed by atoms with E-state index in [1.165, 1.54) is 36.6 Å². The normalized spacial score (nSPS) is 14.5. The summed E-state index contributed by atoms with van der Waals surface area (Å²) in [5.41, 5.74) is 4.44. The number of rotatable bonds is 3. The van der Waals surface area contributed by atoms with Gasteiger partial charge in [-0.15, -0.1) is 12.4 Å². The van der Waals surface area contributed by atoms with E-state index in [2.05, 4.69) is 22.9 Å². The third kappa shape index (κ3) is 4.14. The fourth-order valence-electron chi connectivity index (χ4n) is 3.70. The Hall–Kier alpha value is -2.39. The lowest BCUT2D eigenvalue weighted by molar-refractivity contribution is 0.577. The van der Waals surface area contributed by atoms with Gasteiger partial charge in [0, 0.05) is 30.4 Å². The highest BCUT2D eigenvalue weighted by Crippen LogP contribution is 2.26. The molecule has 1 aliphatic rings. The average molecular weight is 383 g/mol. The molecule has 3 aromatic rings. The van der Waals surface area contributed by atoms with Gasteiger partial charge in [0.1, 0.15) is 5.82 Å². The van der Waals surface area contributed by atoms with Crippen molar-refractivity contribution in [3.8, 4) is 0 Å².